The molecule has 0 radical (unpaired) electrons. The summed E-state index contributed by atoms with van der Waals surface area (Å²) in [5.41, 5.74) is 4.07. The number of fused-ring (bicyclic) bond motifs is 3. The minimum absolute atomic E-state index is 0.00789. The van der Waals surface area contributed by atoms with Crippen molar-refractivity contribution in [2.45, 2.75) is 56.4 Å². The Balaban J connectivity index is 1.10. The summed E-state index contributed by atoms with van der Waals surface area (Å²) in [6, 6.07) is 16.4. The predicted octanol–water partition coefficient (Wildman–Crippen LogP) is 4.46. The summed E-state index contributed by atoms with van der Waals surface area (Å²) in [5, 5.41) is 15.2. The van der Waals surface area contributed by atoms with Gasteiger partial charge in [-0.15, -0.1) is 0 Å². The molecule has 0 heterocycles. The Morgan fingerprint density at radius 1 is 0.943 bits per heavy atom. The van der Waals surface area contributed by atoms with Crippen LogP contribution in [0.1, 0.15) is 62.0 Å². The molecule has 2 atom stereocenters. The summed E-state index contributed by atoms with van der Waals surface area (Å²) in [7, 11) is 0. The van der Waals surface area contributed by atoms with Gasteiger partial charge in [0.15, 0.2) is 0 Å². The number of carboxylic acid groups (broad SMARTS) is 1. The summed E-state index contributed by atoms with van der Waals surface area (Å²) in [6.07, 6.45) is 4.55. The summed E-state index contributed by atoms with van der Waals surface area (Å²) < 4.78 is 5.58. The van der Waals surface area contributed by atoms with E-state index in [0.717, 1.165) is 19.3 Å². The normalized spacial score (nSPS) is 21.9. The van der Waals surface area contributed by atoms with E-state index in [1.807, 2.05) is 24.3 Å². The van der Waals surface area contributed by atoms with Crippen LogP contribution in [-0.4, -0.2) is 41.8 Å². The maximum atomic E-state index is 12.8. The molecule has 0 bridgehead atoms. The van der Waals surface area contributed by atoms with Crippen LogP contribution in [0.4, 0.5) is 4.79 Å². The van der Waals surface area contributed by atoms with E-state index in [9.17, 15) is 19.5 Å². The van der Waals surface area contributed by atoms with Gasteiger partial charge in [-0.2, -0.15) is 0 Å². The monoisotopic (exact) mass is 476 g/mol. The average molecular weight is 477 g/mol. The Morgan fingerprint density at radius 2 is 1.57 bits per heavy atom. The second kappa shape index (κ2) is 9.72. The molecule has 2 saturated carbocycles. The van der Waals surface area contributed by atoms with Gasteiger partial charge in [0, 0.05) is 18.4 Å². The molecule has 7 nitrogen and oxygen atoms in total. The molecule has 0 saturated heterocycles. The van der Waals surface area contributed by atoms with Gasteiger partial charge in [-0.1, -0.05) is 67.8 Å². The van der Waals surface area contributed by atoms with Crippen LogP contribution in [0.25, 0.3) is 11.1 Å². The van der Waals surface area contributed by atoms with Crippen LogP contribution in [0.3, 0.4) is 0 Å². The fraction of sp³-hybridized carbons (Fsp3) is 0.464. The molecule has 3 aliphatic rings. The van der Waals surface area contributed by atoms with E-state index >= 15 is 0 Å². The lowest BCUT2D eigenvalue weighted by Crippen LogP contribution is -2.51. The van der Waals surface area contributed by atoms with Crippen molar-refractivity contribution in [3.05, 3.63) is 59.7 Å². The minimum Gasteiger partial charge on any atom is -0.481 e. The highest BCUT2D eigenvalue weighted by Gasteiger charge is 2.46. The molecule has 0 aliphatic heterocycles. The first-order valence-electron chi connectivity index (χ1n) is 12.6. The molecule has 35 heavy (non-hydrogen) atoms. The van der Waals surface area contributed by atoms with E-state index < -0.39 is 17.6 Å². The van der Waals surface area contributed by atoms with Crippen molar-refractivity contribution in [1.82, 2.24) is 10.6 Å². The molecule has 2 aromatic carbocycles. The standard InChI is InChI=1S/C28H32N2O5/c31-25(32)15-28(12-6-1-7-13-28)30-26(33)23-14-18(23)16-29-27(34)35-17-24-21-10-4-2-8-19(21)20-9-3-5-11-22(20)24/h2-5,8-11,18,23-24H,1,6-7,12-17H2,(H,29,34)(H,30,33)(H,31,32). The number of rotatable bonds is 8. The summed E-state index contributed by atoms with van der Waals surface area (Å²) >= 11 is 0. The van der Waals surface area contributed by atoms with Gasteiger partial charge in [0.25, 0.3) is 0 Å². The molecule has 5 rings (SSSR count). The molecular formula is C28H32N2O5. The highest BCUT2D eigenvalue weighted by molar-refractivity contribution is 5.83. The molecule has 0 aromatic heterocycles. The lowest BCUT2D eigenvalue weighted by atomic mass is 9.79. The maximum Gasteiger partial charge on any atom is 0.407 e. The maximum absolute atomic E-state index is 12.8. The van der Waals surface area contributed by atoms with Gasteiger partial charge < -0.3 is 20.5 Å². The Bertz CT molecular complexity index is 1080. The molecule has 3 N–H and O–H groups in total. The fourth-order valence-electron chi connectivity index (χ4n) is 5.88. The van der Waals surface area contributed by atoms with Crippen molar-refractivity contribution in [1.29, 1.82) is 0 Å². The second-order valence-electron chi connectivity index (χ2n) is 10.2. The van der Waals surface area contributed by atoms with E-state index in [0.29, 0.717) is 25.8 Å². The van der Waals surface area contributed by atoms with E-state index in [-0.39, 0.29) is 36.7 Å². The van der Waals surface area contributed by atoms with Gasteiger partial charge in [-0.05, 0) is 47.4 Å². The van der Waals surface area contributed by atoms with Crippen molar-refractivity contribution in [3.63, 3.8) is 0 Å². The molecule has 2 fully saturated rings. The van der Waals surface area contributed by atoms with Crippen molar-refractivity contribution in [3.8, 4) is 11.1 Å². The lowest BCUT2D eigenvalue weighted by Gasteiger charge is -2.37. The number of benzene rings is 2. The van der Waals surface area contributed by atoms with Crippen molar-refractivity contribution >= 4 is 18.0 Å². The first kappa shape index (κ1) is 23.4. The predicted molar refractivity (Wildman–Crippen MR) is 131 cm³/mol. The van der Waals surface area contributed by atoms with E-state index in [4.69, 9.17) is 4.74 Å². The van der Waals surface area contributed by atoms with Gasteiger partial charge in [0.1, 0.15) is 6.61 Å². The Labute approximate surface area is 205 Å². The van der Waals surface area contributed by atoms with Crippen LogP contribution in [0.15, 0.2) is 48.5 Å². The SMILES string of the molecule is O=C(O)CC1(NC(=O)C2CC2CNC(=O)OCC2c3ccccc3-c3ccccc32)CCCCC1. The Hall–Kier alpha value is -3.35. The van der Waals surface area contributed by atoms with Crippen LogP contribution in [0.5, 0.6) is 0 Å². The number of hydrogen-bond acceptors (Lipinski definition) is 4. The zero-order valence-corrected chi connectivity index (χ0v) is 19.8. The largest absolute Gasteiger partial charge is 0.481 e. The van der Waals surface area contributed by atoms with Gasteiger partial charge in [0.05, 0.1) is 12.0 Å². The van der Waals surface area contributed by atoms with Gasteiger partial charge in [-0.3, -0.25) is 9.59 Å². The zero-order chi connectivity index (χ0) is 24.4. The molecule has 2 aromatic rings. The topological polar surface area (TPSA) is 105 Å². The molecule has 3 aliphatic carbocycles. The van der Waals surface area contributed by atoms with Crippen molar-refractivity contribution < 1.29 is 24.2 Å². The van der Waals surface area contributed by atoms with Crippen LogP contribution in [-0.2, 0) is 14.3 Å². The average Bonchev–Trinajstić information content (AvgIpc) is 3.57. The number of carbonyl (C=O) groups is 3. The molecule has 7 heteroatoms. The number of nitrogens with one attached hydrogen (secondary N) is 2. The van der Waals surface area contributed by atoms with Crippen LogP contribution in [0, 0.1) is 11.8 Å². The number of carbonyl (C=O) groups excluding carboxylic acids is 2. The first-order chi connectivity index (χ1) is 17.0. The van der Waals surface area contributed by atoms with Crippen LogP contribution < -0.4 is 10.6 Å². The third-order valence-corrected chi connectivity index (χ3v) is 7.80. The quantitative estimate of drug-likeness (QED) is 0.522. The fourth-order valence-corrected chi connectivity index (χ4v) is 5.88. The molecule has 2 unspecified atom stereocenters. The number of ether oxygens (including phenoxy) is 1. The van der Waals surface area contributed by atoms with E-state index in [2.05, 4.69) is 34.9 Å². The highest BCUT2D eigenvalue weighted by atomic mass is 16.5. The zero-order valence-electron chi connectivity index (χ0n) is 19.8. The summed E-state index contributed by atoms with van der Waals surface area (Å²) in [4.78, 5) is 36.6. The number of carboxylic acids is 1. The van der Waals surface area contributed by atoms with Crippen molar-refractivity contribution in [2.75, 3.05) is 13.2 Å². The minimum atomic E-state index is -0.878. The van der Waals surface area contributed by atoms with Crippen LogP contribution in [0.2, 0.25) is 0 Å². The summed E-state index contributed by atoms with van der Waals surface area (Å²) in [6.45, 7) is 0.632. The highest BCUT2D eigenvalue weighted by Crippen LogP contribution is 2.44. The third-order valence-electron chi connectivity index (χ3n) is 7.80. The number of aliphatic carboxylic acids is 1. The molecular weight excluding hydrogens is 444 g/mol. The second-order valence-corrected chi connectivity index (χ2v) is 10.2. The molecule has 0 spiro atoms. The number of alkyl carbamates (subject to hydrolysis) is 1. The molecule has 2 amide bonds. The van der Waals surface area contributed by atoms with Gasteiger partial charge >= 0.3 is 12.1 Å². The lowest BCUT2D eigenvalue weighted by molar-refractivity contribution is -0.139. The first-order valence-corrected chi connectivity index (χ1v) is 12.6. The van der Waals surface area contributed by atoms with E-state index in [1.54, 1.807) is 0 Å². The van der Waals surface area contributed by atoms with Crippen LogP contribution >= 0.6 is 0 Å². The molecule has 184 valence electrons. The van der Waals surface area contributed by atoms with Crippen molar-refractivity contribution in [2.24, 2.45) is 11.8 Å². The summed E-state index contributed by atoms with van der Waals surface area (Å²) in [5.74, 6) is -1.09. The number of hydrogen-bond donors (Lipinski definition) is 3. The Kier molecular flexibility index (Phi) is 6.50. The smallest absolute Gasteiger partial charge is 0.407 e. The van der Waals surface area contributed by atoms with Gasteiger partial charge in [-0.25, -0.2) is 4.79 Å². The number of amides is 2. The Morgan fingerprint density at radius 3 is 2.20 bits per heavy atom. The van der Waals surface area contributed by atoms with Gasteiger partial charge in [0.2, 0.25) is 5.91 Å². The van der Waals surface area contributed by atoms with E-state index in [1.165, 1.54) is 22.3 Å². The third kappa shape index (κ3) is 5.04.